The Morgan fingerprint density at radius 2 is 2.40 bits per heavy atom. The Morgan fingerprint density at radius 3 is 3.10 bits per heavy atom. The van der Waals surface area contributed by atoms with Crippen molar-refractivity contribution in [3.05, 3.63) is 22.8 Å². The number of rotatable bonds is 3. The van der Waals surface area contributed by atoms with E-state index >= 15 is 0 Å². The summed E-state index contributed by atoms with van der Waals surface area (Å²) in [7, 11) is 2.06. The van der Waals surface area contributed by atoms with Crippen LogP contribution in [0.1, 0.15) is 28.5 Å². The van der Waals surface area contributed by atoms with Gasteiger partial charge in [-0.25, -0.2) is 0 Å². The highest BCUT2D eigenvalue weighted by Gasteiger charge is 2.25. The number of carbonyl (C=O) groups excluding carboxylic acids is 1. The summed E-state index contributed by atoms with van der Waals surface area (Å²) in [5.74, 6) is 1.22. The van der Waals surface area contributed by atoms with Gasteiger partial charge in [0, 0.05) is 19.6 Å². The number of piperazine rings is 1. The standard InChI is InChI=1S/C13H16N4O2S/c1-8(18)10-3-4-11(20-10)13-15-12(16-19-13)9-7-14-5-6-17(9)2/h3-4,9,14H,5-7H2,1-2H3. The van der Waals surface area contributed by atoms with E-state index in [-0.39, 0.29) is 11.8 Å². The van der Waals surface area contributed by atoms with Crippen LogP contribution in [0.5, 0.6) is 0 Å². The van der Waals surface area contributed by atoms with Gasteiger partial charge in [0.05, 0.1) is 15.8 Å². The van der Waals surface area contributed by atoms with Crippen LogP contribution in [-0.4, -0.2) is 47.5 Å². The predicted molar refractivity (Wildman–Crippen MR) is 75.9 cm³/mol. The summed E-state index contributed by atoms with van der Waals surface area (Å²) in [4.78, 5) is 19.5. The van der Waals surface area contributed by atoms with Crippen LogP contribution in [0.15, 0.2) is 16.7 Å². The van der Waals surface area contributed by atoms with Crippen molar-refractivity contribution in [1.82, 2.24) is 20.4 Å². The normalized spacial score (nSPS) is 20.2. The van der Waals surface area contributed by atoms with Gasteiger partial charge in [-0.2, -0.15) is 4.98 Å². The van der Waals surface area contributed by atoms with E-state index in [1.807, 2.05) is 6.07 Å². The Balaban J connectivity index is 1.83. The smallest absolute Gasteiger partial charge is 0.268 e. The van der Waals surface area contributed by atoms with Crippen LogP contribution < -0.4 is 5.32 Å². The van der Waals surface area contributed by atoms with Crippen LogP contribution >= 0.6 is 11.3 Å². The Labute approximate surface area is 120 Å². The Kier molecular flexibility index (Phi) is 3.64. The monoisotopic (exact) mass is 292 g/mol. The van der Waals surface area contributed by atoms with Gasteiger partial charge in [-0.1, -0.05) is 5.16 Å². The van der Waals surface area contributed by atoms with Crippen LogP contribution in [0.25, 0.3) is 10.8 Å². The van der Waals surface area contributed by atoms with E-state index < -0.39 is 0 Å². The summed E-state index contributed by atoms with van der Waals surface area (Å²) >= 11 is 1.38. The van der Waals surface area contributed by atoms with Gasteiger partial charge in [0.2, 0.25) is 0 Å². The molecule has 0 aromatic carbocycles. The number of carbonyl (C=O) groups is 1. The summed E-state index contributed by atoms with van der Waals surface area (Å²) in [6.45, 7) is 4.31. The molecule has 3 rings (SSSR count). The maximum absolute atomic E-state index is 11.3. The van der Waals surface area contributed by atoms with Crippen molar-refractivity contribution in [3.8, 4) is 10.8 Å². The van der Waals surface area contributed by atoms with E-state index in [0.717, 1.165) is 24.5 Å². The maximum Gasteiger partial charge on any atom is 0.268 e. The molecule has 1 atom stereocenters. The maximum atomic E-state index is 11.3. The number of Topliss-reactive ketones (excluding diaryl/α,β-unsaturated/α-hetero) is 1. The first-order valence-corrected chi connectivity index (χ1v) is 7.32. The first-order chi connectivity index (χ1) is 9.65. The van der Waals surface area contributed by atoms with Gasteiger partial charge in [-0.15, -0.1) is 11.3 Å². The fourth-order valence-corrected chi connectivity index (χ4v) is 3.03. The summed E-state index contributed by atoms with van der Waals surface area (Å²) in [5.41, 5.74) is 0. The quantitative estimate of drug-likeness (QED) is 0.866. The first kappa shape index (κ1) is 13.4. The molecule has 2 aromatic heterocycles. The number of hydrogen-bond acceptors (Lipinski definition) is 7. The topological polar surface area (TPSA) is 71.3 Å². The molecule has 20 heavy (non-hydrogen) atoms. The zero-order chi connectivity index (χ0) is 14.1. The van der Waals surface area contributed by atoms with Gasteiger partial charge in [0.1, 0.15) is 0 Å². The van der Waals surface area contributed by atoms with Gasteiger partial charge in [-0.05, 0) is 26.1 Å². The number of aromatic nitrogens is 2. The second-order valence-electron chi connectivity index (χ2n) is 4.88. The van der Waals surface area contributed by atoms with Gasteiger partial charge in [0.15, 0.2) is 11.6 Å². The third kappa shape index (κ3) is 2.52. The Bertz CT molecular complexity index is 621. The average Bonchev–Trinajstić information content (AvgIpc) is 3.08. The molecule has 6 nitrogen and oxygen atoms in total. The lowest BCUT2D eigenvalue weighted by atomic mass is 10.2. The van der Waals surface area contributed by atoms with Gasteiger partial charge in [-0.3, -0.25) is 9.69 Å². The molecule has 0 saturated carbocycles. The van der Waals surface area contributed by atoms with Crippen molar-refractivity contribution >= 4 is 17.1 Å². The molecule has 0 aliphatic carbocycles. The SMILES string of the molecule is CC(=O)c1ccc(-c2nc(C3CNCCN3C)no2)s1. The molecule has 0 radical (unpaired) electrons. The van der Waals surface area contributed by atoms with Gasteiger partial charge >= 0.3 is 0 Å². The zero-order valence-corrected chi connectivity index (χ0v) is 12.2. The summed E-state index contributed by atoms with van der Waals surface area (Å²) in [5, 5.41) is 7.40. The number of nitrogens with zero attached hydrogens (tertiary/aromatic N) is 3. The number of thiophene rings is 1. The number of nitrogens with one attached hydrogen (secondary N) is 1. The van der Waals surface area contributed by atoms with Crippen LogP contribution in [0.4, 0.5) is 0 Å². The molecule has 2 aromatic rings. The molecule has 1 saturated heterocycles. The zero-order valence-electron chi connectivity index (χ0n) is 11.4. The molecule has 1 aliphatic rings. The molecule has 0 amide bonds. The minimum Gasteiger partial charge on any atom is -0.333 e. The number of likely N-dealkylation sites (N-methyl/N-ethyl adjacent to an activating group) is 1. The molecule has 3 heterocycles. The van der Waals surface area contributed by atoms with E-state index in [1.54, 1.807) is 13.0 Å². The molecule has 0 spiro atoms. The molecule has 1 aliphatic heterocycles. The Morgan fingerprint density at radius 1 is 1.55 bits per heavy atom. The highest BCUT2D eigenvalue weighted by Crippen LogP contribution is 2.28. The van der Waals surface area contributed by atoms with E-state index in [9.17, 15) is 4.79 Å². The largest absolute Gasteiger partial charge is 0.333 e. The molecule has 7 heteroatoms. The summed E-state index contributed by atoms with van der Waals surface area (Å²) < 4.78 is 5.33. The van der Waals surface area contributed by atoms with Crippen LogP contribution in [-0.2, 0) is 0 Å². The fourth-order valence-electron chi connectivity index (χ4n) is 2.21. The molecule has 1 N–H and O–H groups in total. The number of hydrogen-bond donors (Lipinski definition) is 1. The Hall–Kier alpha value is -1.57. The lowest BCUT2D eigenvalue weighted by molar-refractivity contribution is 0.102. The summed E-state index contributed by atoms with van der Waals surface area (Å²) in [6.07, 6.45) is 0. The van der Waals surface area contributed by atoms with Crippen LogP contribution in [0.3, 0.4) is 0 Å². The number of ketones is 1. The van der Waals surface area contributed by atoms with E-state index in [4.69, 9.17) is 4.52 Å². The average molecular weight is 292 g/mol. The van der Waals surface area contributed by atoms with Crippen molar-refractivity contribution < 1.29 is 9.32 Å². The van der Waals surface area contributed by atoms with Gasteiger partial charge in [0.25, 0.3) is 5.89 Å². The predicted octanol–water partition coefficient (Wildman–Crippen LogP) is 1.58. The van der Waals surface area contributed by atoms with Crippen molar-refractivity contribution in [2.45, 2.75) is 13.0 Å². The van der Waals surface area contributed by atoms with Crippen molar-refractivity contribution in [1.29, 1.82) is 0 Å². The van der Waals surface area contributed by atoms with Crippen molar-refractivity contribution in [2.24, 2.45) is 0 Å². The van der Waals surface area contributed by atoms with Gasteiger partial charge < -0.3 is 9.84 Å². The molecule has 1 fully saturated rings. The lowest BCUT2D eigenvalue weighted by Gasteiger charge is -2.30. The van der Waals surface area contributed by atoms with Crippen LogP contribution in [0.2, 0.25) is 0 Å². The third-order valence-corrected chi connectivity index (χ3v) is 4.59. The van der Waals surface area contributed by atoms with Crippen LogP contribution in [0, 0.1) is 0 Å². The molecule has 1 unspecified atom stereocenters. The van der Waals surface area contributed by atoms with Crippen molar-refractivity contribution in [3.63, 3.8) is 0 Å². The minimum absolute atomic E-state index is 0.0530. The second kappa shape index (κ2) is 5.43. The van der Waals surface area contributed by atoms with Crippen molar-refractivity contribution in [2.75, 3.05) is 26.7 Å². The van der Waals surface area contributed by atoms with E-state index in [1.165, 1.54) is 11.3 Å². The van der Waals surface area contributed by atoms with E-state index in [0.29, 0.717) is 16.6 Å². The second-order valence-corrected chi connectivity index (χ2v) is 5.96. The highest BCUT2D eigenvalue weighted by molar-refractivity contribution is 7.17. The lowest BCUT2D eigenvalue weighted by Crippen LogP contribution is -2.44. The highest BCUT2D eigenvalue weighted by atomic mass is 32.1. The van der Waals surface area contributed by atoms with E-state index in [2.05, 4.69) is 27.4 Å². The third-order valence-electron chi connectivity index (χ3n) is 3.41. The fraction of sp³-hybridized carbons (Fsp3) is 0.462. The molecular weight excluding hydrogens is 276 g/mol. The first-order valence-electron chi connectivity index (χ1n) is 6.51. The molecular formula is C13H16N4O2S. The minimum atomic E-state index is 0.0530. The molecule has 0 bridgehead atoms. The molecule has 106 valence electrons. The summed E-state index contributed by atoms with van der Waals surface area (Å²) in [6, 6.07) is 3.77.